The van der Waals surface area contributed by atoms with Gasteiger partial charge in [-0.3, -0.25) is 4.79 Å². The van der Waals surface area contributed by atoms with E-state index in [-0.39, 0.29) is 17.5 Å². The van der Waals surface area contributed by atoms with E-state index < -0.39 is 0 Å². The highest BCUT2D eigenvalue weighted by Crippen LogP contribution is 2.39. The molecule has 2 atom stereocenters. The molecule has 0 saturated heterocycles. The molecule has 2 nitrogen and oxygen atoms in total. The van der Waals surface area contributed by atoms with Crippen LogP contribution in [0.15, 0.2) is 0 Å². The van der Waals surface area contributed by atoms with Crippen LogP contribution in [0.2, 0.25) is 0 Å². The zero-order chi connectivity index (χ0) is 8.65. The average molecular weight is 156 g/mol. The van der Waals surface area contributed by atoms with Crippen LogP contribution in [-0.2, 0) is 9.53 Å². The summed E-state index contributed by atoms with van der Waals surface area (Å²) in [5.41, 5.74) is -0.320. The standard InChI is InChI=1S/C9H16O2/c1-6-5-7(6)8(10)11-9(2,3)4/h6-7H,5H2,1-4H3/t6-,7-/m0/s1. The first-order valence-corrected chi connectivity index (χ1v) is 4.13. The molecule has 1 rings (SSSR count). The van der Waals surface area contributed by atoms with Gasteiger partial charge in [0.25, 0.3) is 0 Å². The minimum Gasteiger partial charge on any atom is -0.460 e. The van der Waals surface area contributed by atoms with Crippen LogP contribution in [0.1, 0.15) is 34.1 Å². The summed E-state index contributed by atoms with van der Waals surface area (Å²) >= 11 is 0. The molecule has 0 spiro atoms. The second-order valence-electron chi connectivity index (χ2n) is 4.35. The number of rotatable bonds is 1. The Balaban J connectivity index is 2.33. The van der Waals surface area contributed by atoms with E-state index in [0.717, 1.165) is 6.42 Å². The van der Waals surface area contributed by atoms with Gasteiger partial charge in [0.1, 0.15) is 5.60 Å². The molecule has 1 saturated carbocycles. The number of ether oxygens (including phenoxy) is 1. The summed E-state index contributed by atoms with van der Waals surface area (Å²) in [6.07, 6.45) is 1.01. The van der Waals surface area contributed by atoms with Gasteiger partial charge in [-0.15, -0.1) is 0 Å². The quantitative estimate of drug-likeness (QED) is 0.543. The summed E-state index contributed by atoms with van der Waals surface area (Å²) in [4.78, 5) is 11.2. The van der Waals surface area contributed by atoms with Crippen molar-refractivity contribution in [3.63, 3.8) is 0 Å². The van der Waals surface area contributed by atoms with Crippen molar-refractivity contribution in [3.05, 3.63) is 0 Å². The van der Waals surface area contributed by atoms with Gasteiger partial charge < -0.3 is 4.74 Å². The van der Waals surface area contributed by atoms with Crippen LogP contribution >= 0.6 is 0 Å². The molecule has 0 bridgehead atoms. The van der Waals surface area contributed by atoms with Crippen LogP contribution in [0, 0.1) is 11.8 Å². The van der Waals surface area contributed by atoms with Gasteiger partial charge in [-0.25, -0.2) is 0 Å². The van der Waals surface area contributed by atoms with E-state index in [9.17, 15) is 4.79 Å². The number of esters is 1. The fourth-order valence-electron chi connectivity index (χ4n) is 1.03. The third kappa shape index (κ3) is 2.52. The molecule has 1 fully saturated rings. The number of carbonyl (C=O) groups is 1. The highest BCUT2D eigenvalue weighted by Gasteiger charge is 2.41. The van der Waals surface area contributed by atoms with Crippen molar-refractivity contribution in [2.24, 2.45) is 11.8 Å². The molecule has 0 aliphatic heterocycles. The SMILES string of the molecule is C[C@H]1C[C@@H]1C(=O)OC(C)(C)C. The molecular formula is C9H16O2. The van der Waals surface area contributed by atoms with Gasteiger partial charge >= 0.3 is 5.97 Å². The monoisotopic (exact) mass is 156 g/mol. The van der Waals surface area contributed by atoms with Crippen molar-refractivity contribution in [1.82, 2.24) is 0 Å². The van der Waals surface area contributed by atoms with Gasteiger partial charge in [0.05, 0.1) is 5.92 Å². The van der Waals surface area contributed by atoms with E-state index in [1.807, 2.05) is 20.8 Å². The molecule has 0 aromatic heterocycles. The first-order chi connectivity index (χ1) is 4.90. The molecule has 0 heterocycles. The maximum atomic E-state index is 11.2. The predicted octanol–water partition coefficient (Wildman–Crippen LogP) is 1.98. The average Bonchev–Trinajstić information content (AvgIpc) is 2.41. The third-order valence-electron chi connectivity index (χ3n) is 1.82. The summed E-state index contributed by atoms with van der Waals surface area (Å²) in [7, 11) is 0. The van der Waals surface area contributed by atoms with Crippen LogP contribution in [0.4, 0.5) is 0 Å². The third-order valence-corrected chi connectivity index (χ3v) is 1.82. The summed E-state index contributed by atoms with van der Waals surface area (Å²) in [5.74, 6) is 0.712. The Morgan fingerprint density at radius 2 is 1.91 bits per heavy atom. The second kappa shape index (κ2) is 2.50. The summed E-state index contributed by atoms with van der Waals surface area (Å²) in [6.45, 7) is 7.78. The Labute approximate surface area is 67.9 Å². The van der Waals surface area contributed by atoms with Gasteiger partial charge in [0.15, 0.2) is 0 Å². The summed E-state index contributed by atoms with van der Waals surface area (Å²) in [5, 5.41) is 0. The fourth-order valence-corrected chi connectivity index (χ4v) is 1.03. The van der Waals surface area contributed by atoms with E-state index in [1.54, 1.807) is 0 Å². The number of hydrogen-bond donors (Lipinski definition) is 0. The lowest BCUT2D eigenvalue weighted by atomic mass is 10.2. The maximum absolute atomic E-state index is 11.2. The summed E-state index contributed by atoms with van der Waals surface area (Å²) < 4.78 is 5.19. The Kier molecular flexibility index (Phi) is 1.95. The number of hydrogen-bond acceptors (Lipinski definition) is 2. The second-order valence-corrected chi connectivity index (χ2v) is 4.35. The summed E-state index contributed by atoms with van der Waals surface area (Å²) in [6, 6.07) is 0. The lowest BCUT2D eigenvalue weighted by Crippen LogP contribution is -2.25. The van der Waals surface area contributed by atoms with E-state index in [4.69, 9.17) is 4.74 Å². The highest BCUT2D eigenvalue weighted by atomic mass is 16.6. The molecule has 1 aliphatic rings. The van der Waals surface area contributed by atoms with E-state index in [2.05, 4.69) is 6.92 Å². The first-order valence-electron chi connectivity index (χ1n) is 4.13. The van der Waals surface area contributed by atoms with Crippen molar-refractivity contribution in [3.8, 4) is 0 Å². The van der Waals surface area contributed by atoms with Gasteiger partial charge in [0, 0.05) is 0 Å². The molecular weight excluding hydrogens is 140 g/mol. The highest BCUT2D eigenvalue weighted by molar-refractivity contribution is 5.75. The topological polar surface area (TPSA) is 26.3 Å². The lowest BCUT2D eigenvalue weighted by Gasteiger charge is -2.19. The molecule has 0 N–H and O–H groups in total. The molecule has 0 amide bonds. The van der Waals surface area contributed by atoms with E-state index >= 15 is 0 Å². The molecule has 64 valence electrons. The van der Waals surface area contributed by atoms with Crippen molar-refractivity contribution >= 4 is 5.97 Å². The number of carbonyl (C=O) groups excluding carboxylic acids is 1. The Morgan fingerprint density at radius 3 is 2.18 bits per heavy atom. The van der Waals surface area contributed by atoms with E-state index in [0.29, 0.717) is 5.92 Å². The normalized spacial score (nSPS) is 29.8. The molecule has 2 heteroatoms. The van der Waals surface area contributed by atoms with Gasteiger partial charge in [0.2, 0.25) is 0 Å². The smallest absolute Gasteiger partial charge is 0.309 e. The first kappa shape index (κ1) is 8.57. The zero-order valence-corrected chi connectivity index (χ0v) is 7.68. The van der Waals surface area contributed by atoms with Crippen LogP contribution in [-0.4, -0.2) is 11.6 Å². The van der Waals surface area contributed by atoms with Crippen molar-refractivity contribution in [1.29, 1.82) is 0 Å². The van der Waals surface area contributed by atoms with Crippen LogP contribution in [0.5, 0.6) is 0 Å². The molecule has 0 unspecified atom stereocenters. The minimum atomic E-state index is -0.320. The molecule has 1 aliphatic carbocycles. The van der Waals surface area contributed by atoms with Crippen molar-refractivity contribution in [2.45, 2.75) is 39.7 Å². The minimum absolute atomic E-state index is 0.0231. The largest absolute Gasteiger partial charge is 0.460 e. The molecule has 11 heavy (non-hydrogen) atoms. The molecule has 0 aromatic carbocycles. The fraction of sp³-hybridized carbons (Fsp3) is 0.889. The Hall–Kier alpha value is -0.530. The van der Waals surface area contributed by atoms with Crippen LogP contribution in [0.25, 0.3) is 0 Å². The van der Waals surface area contributed by atoms with E-state index in [1.165, 1.54) is 0 Å². The van der Waals surface area contributed by atoms with Crippen molar-refractivity contribution in [2.75, 3.05) is 0 Å². The Morgan fingerprint density at radius 1 is 1.45 bits per heavy atom. The van der Waals surface area contributed by atoms with Gasteiger partial charge in [-0.05, 0) is 33.1 Å². The maximum Gasteiger partial charge on any atom is 0.309 e. The zero-order valence-electron chi connectivity index (χ0n) is 7.68. The molecule has 0 aromatic rings. The predicted molar refractivity (Wildman–Crippen MR) is 43.1 cm³/mol. The molecule has 0 radical (unpaired) electrons. The van der Waals surface area contributed by atoms with Crippen LogP contribution in [0.3, 0.4) is 0 Å². The Bertz CT molecular complexity index is 167. The van der Waals surface area contributed by atoms with Crippen LogP contribution < -0.4 is 0 Å². The van der Waals surface area contributed by atoms with Gasteiger partial charge in [-0.1, -0.05) is 6.92 Å². The lowest BCUT2D eigenvalue weighted by molar-refractivity contribution is -0.156. The van der Waals surface area contributed by atoms with Crippen molar-refractivity contribution < 1.29 is 9.53 Å². The van der Waals surface area contributed by atoms with Gasteiger partial charge in [-0.2, -0.15) is 0 Å².